The van der Waals surface area contributed by atoms with Gasteiger partial charge in [-0.15, -0.1) is 11.3 Å². The van der Waals surface area contributed by atoms with Gasteiger partial charge < -0.3 is 14.8 Å². The molecule has 2 atom stereocenters. The quantitative estimate of drug-likeness (QED) is 0.815. The van der Waals surface area contributed by atoms with Crippen molar-refractivity contribution in [3.05, 3.63) is 46.0 Å². The van der Waals surface area contributed by atoms with Crippen molar-refractivity contribution in [2.75, 3.05) is 0 Å². The number of thiophene rings is 1. The minimum atomic E-state index is -0.384. The van der Waals surface area contributed by atoms with Crippen molar-refractivity contribution in [1.29, 1.82) is 0 Å². The fourth-order valence-electron chi connectivity index (χ4n) is 2.00. The Morgan fingerprint density at radius 1 is 1.32 bits per heavy atom. The number of aryl methyl sites for hydroxylation is 1. The van der Waals surface area contributed by atoms with E-state index in [1.165, 1.54) is 0 Å². The molecule has 3 nitrogen and oxygen atoms in total. The third-order valence-corrected chi connectivity index (χ3v) is 4.11. The molecule has 2 unspecified atom stereocenters. The molecule has 0 amide bonds. The summed E-state index contributed by atoms with van der Waals surface area (Å²) in [6.07, 6.45) is 1.25. The SMILES string of the molecule is CCc1ccc(CNC(C)CC(O)c2cccs2)o1. The second kappa shape index (κ2) is 6.89. The summed E-state index contributed by atoms with van der Waals surface area (Å²) in [5, 5.41) is 15.4. The van der Waals surface area contributed by atoms with Crippen LogP contribution in [-0.2, 0) is 13.0 Å². The lowest BCUT2D eigenvalue weighted by molar-refractivity contribution is 0.157. The third kappa shape index (κ3) is 4.20. The Kier molecular flexibility index (Phi) is 5.19. The maximum Gasteiger partial charge on any atom is 0.117 e. The Balaban J connectivity index is 1.76. The summed E-state index contributed by atoms with van der Waals surface area (Å²) in [5.41, 5.74) is 0. The Bertz CT molecular complexity index is 478. The molecule has 0 bridgehead atoms. The van der Waals surface area contributed by atoms with Gasteiger partial charge in [0, 0.05) is 17.3 Å². The Labute approximate surface area is 118 Å². The fraction of sp³-hybridized carbons (Fsp3) is 0.467. The second-order valence-corrected chi connectivity index (χ2v) is 5.75. The molecule has 4 heteroatoms. The van der Waals surface area contributed by atoms with Crippen LogP contribution >= 0.6 is 11.3 Å². The van der Waals surface area contributed by atoms with E-state index in [9.17, 15) is 5.11 Å². The molecule has 0 aliphatic heterocycles. The normalized spacial score (nSPS) is 14.5. The van der Waals surface area contributed by atoms with E-state index in [1.54, 1.807) is 11.3 Å². The molecule has 2 aromatic rings. The molecular formula is C15H21NO2S. The number of nitrogens with one attached hydrogen (secondary N) is 1. The van der Waals surface area contributed by atoms with Gasteiger partial charge in [0.2, 0.25) is 0 Å². The topological polar surface area (TPSA) is 45.4 Å². The predicted octanol–water partition coefficient (Wildman–Crippen LogP) is 3.51. The number of aliphatic hydroxyl groups excluding tert-OH is 1. The van der Waals surface area contributed by atoms with Gasteiger partial charge in [-0.2, -0.15) is 0 Å². The van der Waals surface area contributed by atoms with E-state index in [-0.39, 0.29) is 12.1 Å². The average Bonchev–Trinajstić information content (AvgIpc) is 3.07. The van der Waals surface area contributed by atoms with Crippen molar-refractivity contribution in [1.82, 2.24) is 5.32 Å². The maximum absolute atomic E-state index is 10.1. The fourth-order valence-corrected chi connectivity index (χ4v) is 2.72. The summed E-state index contributed by atoms with van der Waals surface area (Å²) in [7, 11) is 0. The molecule has 2 N–H and O–H groups in total. The largest absolute Gasteiger partial charge is 0.465 e. The lowest BCUT2D eigenvalue weighted by atomic mass is 10.1. The summed E-state index contributed by atoms with van der Waals surface area (Å²) >= 11 is 1.60. The molecule has 0 aliphatic carbocycles. The monoisotopic (exact) mass is 279 g/mol. The first-order chi connectivity index (χ1) is 9.19. The molecule has 0 fully saturated rings. The van der Waals surface area contributed by atoms with E-state index in [0.717, 1.165) is 22.8 Å². The van der Waals surface area contributed by atoms with E-state index in [1.807, 2.05) is 29.6 Å². The zero-order chi connectivity index (χ0) is 13.7. The summed E-state index contributed by atoms with van der Waals surface area (Å²) in [4.78, 5) is 1.03. The molecule has 2 aromatic heterocycles. The van der Waals surface area contributed by atoms with E-state index >= 15 is 0 Å². The van der Waals surface area contributed by atoms with Crippen LogP contribution in [0.4, 0.5) is 0 Å². The van der Waals surface area contributed by atoms with Gasteiger partial charge in [0.1, 0.15) is 11.5 Å². The van der Waals surface area contributed by atoms with Crippen molar-refractivity contribution >= 4 is 11.3 Å². The van der Waals surface area contributed by atoms with Gasteiger partial charge >= 0.3 is 0 Å². The lowest BCUT2D eigenvalue weighted by Crippen LogP contribution is -2.27. The van der Waals surface area contributed by atoms with Crippen LogP contribution in [0.15, 0.2) is 34.1 Å². The van der Waals surface area contributed by atoms with Crippen LogP contribution in [0.5, 0.6) is 0 Å². The van der Waals surface area contributed by atoms with Gasteiger partial charge in [-0.05, 0) is 36.9 Å². The second-order valence-electron chi connectivity index (χ2n) is 4.77. The van der Waals surface area contributed by atoms with Crippen LogP contribution in [0.1, 0.15) is 42.8 Å². The van der Waals surface area contributed by atoms with Gasteiger partial charge in [0.15, 0.2) is 0 Å². The number of aliphatic hydroxyl groups is 1. The van der Waals surface area contributed by atoms with Gasteiger partial charge in [-0.3, -0.25) is 0 Å². The van der Waals surface area contributed by atoms with E-state index in [2.05, 4.69) is 19.2 Å². The Morgan fingerprint density at radius 3 is 2.74 bits per heavy atom. The minimum absolute atomic E-state index is 0.243. The molecule has 2 rings (SSSR count). The van der Waals surface area contributed by atoms with E-state index in [0.29, 0.717) is 13.0 Å². The van der Waals surface area contributed by atoms with Crippen LogP contribution in [-0.4, -0.2) is 11.1 Å². The molecule has 0 aliphatic rings. The molecule has 0 saturated carbocycles. The van der Waals surface area contributed by atoms with Crippen LogP contribution in [0, 0.1) is 0 Å². The van der Waals surface area contributed by atoms with Crippen LogP contribution in [0.2, 0.25) is 0 Å². The first kappa shape index (κ1) is 14.3. The Morgan fingerprint density at radius 2 is 2.11 bits per heavy atom. The number of hydrogen-bond donors (Lipinski definition) is 2. The highest BCUT2D eigenvalue weighted by molar-refractivity contribution is 7.10. The van der Waals surface area contributed by atoms with Crippen molar-refractivity contribution in [2.24, 2.45) is 0 Å². The first-order valence-electron chi connectivity index (χ1n) is 6.71. The minimum Gasteiger partial charge on any atom is -0.465 e. The summed E-state index contributed by atoms with van der Waals surface area (Å²) in [6.45, 7) is 4.87. The highest BCUT2D eigenvalue weighted by Crippen LogP contribution is 2.22. The molecule has 2 heterocycles. The van der Waals surface area contributed by atoms with Gasteiger partial charge in [0.25, 0.3) is 0 Å². The lowest BCUT2D eigenvalue weighted by Gasteiger charge is -2.16. The summed E-state index contributed by atoms with van der Waals surface area (Å²) in [5.74, 6) is 1.97. The summed E-state index contributed by atoms with van der Waals surface area (Å²) in [6, 6.07) is 8.21. The predicted molar refractivity (Wildman–Crippen MR) is 78.3 cm³/mol. The molecule has 19 heavy (non-hydrogen) atoms. The molecule has 0 spiro atoms. The third-order valence-electron chi connectivity index (χ3n) is 3.14. The Hall–Kier alpha value is -1.10. The highest BCUT2D eigenvalue weighted by atomic mass is 32.1. The van der Waals surface area contributed by atoms with Crippen LogP contribution in [0.3, 0.4) is 0 Å². The van der Waals surface area contributed by atoms with Crippen LogP contribution in [0.25, 0.3) is 0 Å². The van der Waals surface area contributed by atoms with E-state index in [4.69, 9.17) is 4.42 Å². The number of rotatable bonds is 7. The zero-order valence-electron chi connectivity index (χ0n) is 11.4. The standard InChI is InChI=1S/C15H21NO2S/c1-3-12-6-7-13(18-12)10-16-11(2)9-14(17)15-5-4-8-19-15/h4-8,11,14,16-17H,3,9-10H2,1-2H3. The number of furan rings is 1. The highest BCUT2D eigenvalue weighted by Gasteiger charge is 2.13. The van der Waals surface area contributed by atoms with Crippen molar-refractivity contribution < 1.29 is 9.52 Å². The van der Waals surface area contributed by atoms with Gasteiger partial charge in [-0.25, -0.2) is 0 Å². The first-order valence-corrected chi connectivity index (χ1v) is 7.59. The van der Waals surface area contributed by atoms with Crippen LogP contribution < -0.4 is 5.32 Å². The van der Waals surface area contributed by atoms with Gasteiger partial charge in [0.05, 0.1) is 12.6 Å². The molecular weight excluding hydrogens is 258 g/mol. The zero-order valence-corrected chi connectivity index (χ0v) is 12.2. The molecule has 0 aromatic carbocycles. The number of hydrogen-bond acceptors (Lipinski definition) is 4. The summed E-state index contributed by atoms with van der Waals surface area (Å²) < 4.78 is 5.64. The molecule has 0 saturated heterocycles. The van der Waals surface area contributed by atoms with Crippen molar-refractivity contribution in [3.63, 3.8) is 0 Å². The smallest absolute Gasteiger partial charge is 0.117 e. The average molecular weight is 279 g/mol. The van der Waals surface area contributed by atoms with Crippen molar-refractivity contribution in [3.8, 4) is 0 Å². The maximum atomic E-state index is 10.1. The van der Waals surface area contributed by atoms with Crippen molar-refractivity contribution in [2.45, 2.75) is 45.4 Å². The van der Waals surface area contributed by atoms with Gasteiger partial charge in [-0.1, -0.05) is 13.0 Å². The van der Waals surface area contributed by atoms with E-state index < -0.39 is 0 Å². The molecule has 0 radical (unpaired) electrons. The molecule has 104 valence electrons.